The zero-order chi connectivity index (χ0) is 19.1. The Hall–Kier alpha value is -2.54. The number of hydrogen-bond acceptors (Lipinski definition) is 4. The highest BCUT2D eigenvalue weighted by molar-refractivity contribution is 9.10. The first-order valence-corrected chi connectivity index (χ1v) is 8.71. The maximum atomic E-state index is 12.7. The van der Waals surface area contributed by atoms with Crippen LogP contribution in [0.4, 0.5) is 5.69 Å². The van der Waals surface area contributed by atoms with Gasteiger partial charge in [-0.05, 0) is 36.2 Å². The lowest BCUT2D eigenvalue weighted by Crippen LogP contribution is -2.27. The van der Waals surface area contributed by atoms with E-state index in [2.05, 4.69) is 21.2 Å². The molecule has 6 nitrogen and oxygen atoms in total. The topological polar surface area (TPSA) is 84.9 Å². The first-order chi connectivity index (χ1) is 12.4. The van der Waals surface area contributed by atoms with E-state index in [9.17, 15) is 14.7 Å². The molecular weight excluding hydrogens is 402 g/mol. The Labute approximate surface area is 160 Å². The molecule has 0 heterocycles. The Morgan fingerprint density at radius 2 is 1.81 bits per heavy atom. The predicted molar refractivity (Wildman–Crippen MR) is 102 cm³/mol. The van der Waals surface area contributed by atoms with Crippen molar-refractivity contribution in [3.8, 4) is 11.5 Å². The first kappa shape index (κ1) is 19.8. The van der Waals surface area contributed by atoms with Gasteiger partial charge in [-0.2, -0.15) is 0 Å². The van der Waals surface area contributed by atoms with Gasteiger partial charge in [-0.25, -0.2) is 0 Å². The van der Waals surface area contributed by atoms with Gasteiger partial charge in [0.05, 0.1) is 32.2 Å². The number of hydrogen-bond donors (Lipinski definition) is 2. The first-order valence-electron chi connectivity index (χ1n) is 7.92. The molecule has 2 N–H and O–H groups in total. The summed E-state index contributed by atoms with van der Waals surface area (Å²) < 4.78 is 11.3. The molecule has 2 rings (SSSR count). The van der Waals surface area contributed by atoms with Gasteiger partial charge in [0.2, 0.25) is 5.91 Å². The Morgan fingerprint density at radius 1 is 1.12 bits per heavy atom. The lowest BCUT2D eigenvalue weighted by atomic mass is 9.95. The minimum Gasteiger partial charge on any atom is -0.497 e. The highest BCUT2D eigenvalue weighted by atomic mass is 79.9. The lowest BCUT2D eigenvalue weighted by Gasteiger charge is -2.17. The smallest absolute Gasteiger partial charge is 0.304 e. The number of ether oxygens (including phenoxy) is 2. The van der Waals surface area contributed by atoms with Crippen LogP contribution < -0.4 is 14.8 Å². The van der Waals surface area contributed by atoms with Crippen molar-refractivity contribution in [3.63, 3.8) is 0 Å². The van der Waals surface area contributed by atoms with Crippen LogP contribution >= 0.6 is 15.9 Å². The van der Waals surface area contributed by atoms with E-state index < -0.39 is 11.9 Å². The van der Waals surface area contributed by atoms with Crippen LogP contribution in [0.1, 0.15) is 12.0 Å². The summed E-state index contributed by atoms with van der Waals surface area (Å²) in [6, 6.07) is 12.5. The molecule has 0 saturated heterocycles. The molecule has 0 aliphatic carbocycles. The van der Waals surface area contributed by atoms with Crippen LogP contribution in [0.25, 0.3) is 0 Å². The molecule has 1 amide bonds. The Kier molecular flexibility index (Phi) is 7.03. The van der Waals surface area contributed by atoms with Gasteiger partial charge in [0, 0.05) is 10.5 Å². The van der Waals surface area contributed by atoms with Crippen LogP contribution in [0, 0.1) is 5.92 Å². The number of halogens is 1. The van der Waals surface area contributed by atoms with Crippen molar-refractivity contribution < 1.29 is 24.2 Å². The van der Waals surface area contributed by atoms with Gasteiger partial charge in [0.1, 0.15) is 11.5 Å². The molecule has 2 aromatic carbocycles. The fourth-order valence-electron chi connectivity index (χ4n) is 2.52. The summed E-state index contributed by atoms with van der Waals surface area (Å²) >= 11 is 3.36. The van der Waals surface area contributed by atoms with Gasteiger partial charge in [-0.15, -0.1) is 0 Å². The number of anilines is 1. The van der Waals surface area contributed by atoms with Crippen molar-refractivity contribution >= 4 is 33.5 Å². The van der Waals surface area contributed by atoms with E-state index in [1.165, 1.54) is 14.2 Å². The van der Waals surface area contributed by atoms with Crippen LogP contribution in [0.15, 0.2) is 46.9 Å². The third-order valence-corrected chi connectivity index (χ3v) is 4.38. The predicted octanol–water partition coefficient (Wildman–Crippen LogP) is 3.74. The van der Waals surface area contributed by atoms with Gasteiger partial charge in [0.15, 0.2) is 0 Å². The maximum absolute atomic E-state index is 12.7. The Balaban J connectivity index is 2.21. The number of rotatable bonds is 8. The van der Waals surface area contributed by atoms with E-state index in [1.54, 1.807) is 18.2 Å². The molecule has 26 heavy (non-hydrogen) atoms. The number of benzene rings is 2. The average Bonchev–Trinajstić information content (AvgIpc) is 2.62. The summed E-state index contributed by atoms with van der Waals surface area (Å²) in [5.74, 6) is -1.10. The second kappa shape index (κ2) is 9.24. The molecule has 0 aliphatic rings. The van der Waals surface area contributed by atoms with Crippen molar-refractivity contribution in [2.24, 2.45) is 5.92 Å². The SMILES string of the molecule is COc1ccc(OC)c(NC(=O)C(CC(=O)O)Cc2ccc(Br)cc2)c1. The monoisotopic (exact) mass is 421 g/mol. The lowest BCUT2D eigenvalue weighted by molar-refractivity contribution is -0.140. The second-order valence-corrected chi connectivity index (χ2v) is 6.60. The molecule has 0 radical (unpaired) electrons. The van der Waals surface area contributed by atoms with E-state index in [0.29, 0.717) is 23.6 Å². The van der Waals surface area contributed by atoms with E-state index in [0.717, 1.165) is 10.0 Å². The molecule has 7 heteroatoms. The van der Waals surface area contributed by atoms with Gasteiger partial charge in [-0.3, -0.25) is 9.59 Å². The van der Waals surface area contributed by atoms with Crippen LogP contribution in [0.5, 0.6) is 11.5 Å². The summed E-state index contributed by atoms with van der Waals surface area (Å²) in [6.07, 6.45) is 0.0475. The van der Waals surface area contributed by atoms with Crippen LogP contribution in [-0.4, -0.2) is 31.2 Å². The molecule has 0 spiro atoms. The number of carbonyl (C=O) groups excluding carboxylic acids is 1. The summed E-state index contributed by atoms with van der Waals surface area (Å²) in [5.41, 5.74) is 1.32. The standard InChI is InChI=1S/C19H20BrNO5/c1-25-15-7-8-17(26-2)16(11-15)21-19(24)13(10-18(22)23)9-12-3-5-14(20)6-4-12/h3-8,11,13H,9-10H2,1-2H3,(H,21,24)(H,22,23). The molecule has 1 atom stereocenters. The molecule has 0 bridgehead atoms. The zero-order valence-corrected chi connectivity index (χ0v) is 16.1. The van der Waals surface area contributed by atoms with Gasteiger partial charge in [-0.1, -0.05) is 28.1 Å². The number of carboxylic acids is 1. The number of nitrogens with one attached hydrogen (secondary N) is 1. The molecule has 0 fully saturated rings. The van der Waals surface area contributed by atoms with E-state index in [-0.39, 0.29) is 12.3 Å². The van der Waals surface area contributed by atoms with Crippen LogP contribution in [-0.2, 0) is 16.0 Å². The maximum Gasteiger partial charge on any atom is 0.304 e. The fraction of sp³-hybridized carbons (Fsp3) is 0.263. The average molecular weight is 422 g/mol. The Morgan fingerprint density at radius 3 is 2.38 bits per heavy atom. The fourth-order valence-corrected chi connectivity index (χ4v) is 2.78. The Bertz CT molecular complexity index is 776. The van der Waals surface area contributed by atoms with E-state index >= 15 is 0 Å². The number of carbonyl (C=O) groups is 2. The van der Waals surface area contributed by atoms with Crippen LogP contribution in [0.2, 0.25) is 0 Å². The summed E-state index contributed by atoms with van der Waals surface area (Å²) in [4.78, 5) is 23.9. The summed E-state index contributed by atoms with van der Waals surface area (Å²) in [7, 11) is 3.02. The third kappa shape index (κ3) is 5.49. The van der Waals surface area contributed by atoms with Crippen molar-refractivity contribution in [1.29, 1.82) is 0 Å². The number of amides is 1. The van der Waals surface area contributed by atoms with Crippen molar-refractivity contribution in [3.05, 3.63) is 52.5 Å². The minimum atomic E-state index is -1.03. The second-order valence-electron chi connectivity index (χ2n) is 5.68. The van der Waals surface area contributed by atoms with Crippen molar-refractivity contribution in [1.82, 2.24) is 0 Å². The normalized spacial score (nSPS) is 11.5. The van der Waals surface area contributed by atoms with Gasteiger partial charge < -0.3 is 19.9 Å². The molecule has 0 aliphatic heterocycles. The van der Waals surface area contributed by atoms with Crippen molar-refractivity contribution in [2.75, 3.05) is 19.5 Å². The van der Waals surface area contributed by atoms with Crippen LogP contribution in [0.3, 0.4) is 0 Å². The zero-order valence-electron chi connectivity index (χ0n) is 14.5. The van der Waals surface area contributed by atoms with Gasteiger partial charge in [0.25, 0.3) is 0 Å². The van der Waals surface area contributed by atoms with Gasteiger partial charge >= 0.3 is 5.97 Å². The number of aliphatic carboxylic acids is 1. The highest BCUT2D eigenvalue weighted by Gasteiger charge is 2.23. The summed E-state index contributed by atoms with van der Waals surface area (Å²) in [6.45, 7) is 0. The minimum absolute atomic E-state index is 0.270. The van der Waals surface area contributed by atoms with E-state index in [4.69, 9.17) is 9.47 Å². The molecule has 0 aromatic heterocycles. The third-order valence-electron chi connectivity index (χ3n) is 3.85. The summed E-state index contributed by atoms with van der Waals surface area (Å²) in [5, 5.41) is 11.9. The molecule has 138 valence electrons. The van der Waals surface area contributed by atoms with Crippen molar-refractivity contribution in [2.45, 2.75) is 12.8 Å². The molecule has 2 aromatic rings. The number of methoxy groups -OCH3 is 2. The molecule has 1 unspecified atom stereocenters. The molecule has 0 saturated carbocycles. The highest BCUT2D eigenvalue weighted by Crippen LogP contribution is 2.30. The molecular formula is C19H20BrNO5. The van der Waals surface area contributed by atoms with E-state index in [1.807, 2.05) is 24.3 Å². The quantitative estimate of drug-likeness (QED) is 0.677. The number of carboxylic acid groups (broad SMARTS) is 1. The largest absolute Gasteiger partial charge is 0.497 e.